The lowest BCUT2D eigenvalue weighted by Crippen LogP contribution is -2.02. The third-order valence-electron chi connectivity index (χ3n) is 2.59. The monoisotopic (exact) mass is 340 g/mol. The predicted molar refractivity (Wildman–Crippen MR) is 73.4 cm³/mol. The summed E-state index contributed by atoms with van der Waals surface area (Å²) in [4.78, 5) is 7.92. The number of hydrogen-bond acceptors (Lipinski definition) is 5. The zero-order valence-corrected chi connectivity index (χ0v) is 11.4. The molecule has 0 saturated heterocycles. The van der Waals surface area contributed by atoms with Crippen LogP contribution in [0, 0.1) is 11.6 Å². The zero-order valence-electron chi connectivity index (χ0n) is 9.78. The van der Waals surface area contributed by atoms with Gasteiger partial charge in [-0.1, -0.05) is 0 Å². The molecule has 6 nitrogen and oxygen atoms in total. The Hall–Kier alpha value is -2.29. The van der Waals surface area contributed by atoms with Crippen molar-refractivity contribution in [2.45, 2.75) is 0 Å². The summed E-state index contributed by atoms with van der Waals surface area (Å²) in [7, 11) is 0. The van der Waals surface area contributed by atoms with Gasteiger partial charge in [0.05, 0.1) is 21.7 Å². The molecule has 0 spiro atoms. The first-order chi connectivity index (χ1) is 9.54. The number of nitrogens with two attached hydrogens (primary N) is 1. The van der Waals surface area contributed by atoms with Crippen molar-refractivity contribution in [3.05, 3.63) is 34.4 Å². The van der Waals surface area contributed by atoms with Crippen molar-refractivity contribution in [3.8, 4) is 0 Å². The molecule has 0 saturated carbocycles. The summed E-state index contributed by atoms with van der Waals surface area (Å²) in [6, 6.07) is 2.04. The highest BCUT2D eigenvalue weighted by Crippen LogP contribution is 2.28. The smallest absolute Gasteiger partial charge is 0.224 e. The topological polar surface area (TPSA) is 92.5 Å². The van der Waals surface area contributed by atoms with Crippen LogP contribution in [0.1, 0.15) is 0 Å². The van der Waals surface area contributed by atoms with E-state index >= 15 is 0 Å². The van der Waals surface area contributed by atoms with Crippen molar-refractivity contribution >= 4 is 44.4 Å². The van der Waals surface area contributed by atoms with Crippen LogP contribution in [0.2, 0.25) is 0 Å². The number of anilines is 3. The minimum atomic E-state index is -0.750. The minimum Gasteiger partial charge on any atom is -0.368 e. The van der Waals surface area contributed by atoms with E-state index in [1.54, 1.807) is 0 Å². The summed E-state index contributed by atoms with van der Waals surface area (Å²) in [6.45, 7) is 0. The van der Waals surface area contributed by atoms with Gasteiger partial charge in [-0.2, -0.15) is 15.1 Å². The maximum atomic E-state index is 13.7. The summed E-state index contributed by atoms with van der Waals surface area (Å²) in [6.07, 6.45) is 1.48. The summed E-state index contributed by atoms with van der Waals surface area (Å²) in [5, 5.41) is 9.74. The highest BCUT2D eigenvalue weighted by atomic mass is 79.9. The molecular formula is C11H7BrF2N6. The van der Waals surface area contributed by atoms with E-state index in [9.17, 15) is 8.78 Å². The fourth-order valence-corrected chi connectivity index (χ4v) is 2.04. The minimum absolute atomic E-state index is 0.00540. The van der Waals surface area contributed by atoms with Crippen molar-refractivity contribution in [1.82, 2.24) is 20.2 Å². The Bertz CT molecular complexity index is 803. The molecule has 0 unspecified atom stereocenters. The van der Waals surface area contributed by atoms with Gasteiger partial charge in [0.2, 0.25) is 5.95 Å². The van der Waals surface area contributed by atoms with E-state index in [0.29, 0.717) is 11.0 Å². The molecule has 0 aliphatic rings. The number of fused-ring (bicyclic) bond motifs is 1. The Morgan fingerprint density at radius 3 is 2.80 bits per heavy atom. The fourth-order valence-electron chi connectivity index (χ4n) is 1.69. The molecule has 0 radical (unpaired) electrons. The number of nitrogens with one attached hydrogen (secondary N) is 2. The number of hydrogen-bond donors (Lipinski definition) is 3. The highest BCUT2D eigenvalue weighted by Gasteiger charge is 2.12. The van der Waals surface area contributed by atoms with Crippen LogP contribution in [0.5, 0.6) is 0 Å². The third-order valence-corrected chi connectivity index (χ3v) is 3.20. The normalized spacial score (nSPS) is 10.9. The van der Waals surface area contributed by atoms with Crippen LogP contribution in [-0.4, -0.2) is 20.2 Å². The highest BCUT2D eigenvalue weighted by molar-refractivity contribution is 9.10. The van der Waals surface area contributed by atoms with Crippen molar-refractivity contribution in [1.29, 1.82) is 0 Å². The van der Waals surface area contributed by atoms with Gasteiger partial charge < -0.3 is 11.1 Å². The van der Waals surface area contributed by atoms with Gasteiger partial charge in [-0.05, 0) is 22.0 Å². The van der Waals surface area contributed by atoms with E-state index in [4.69, 9.17) is 5.73 Å². The molecule has 1 aromatic carbocycles. The van der Waals surface area contributed by atoms with Crippen molar-refractivity contribution < 1.29 is 8.78 Å². The van der Waals surface area contributed by atoms with Crippen LogP contribution in [0.4, 0.5) is 26.2 Å². The molecule has 9 heteroatoms. The molecule has 3 rings (SSSR count). The average Bonchev–Trinajstić information content (AvgIpc) is 2.84. The van der Waals surface area contributed by atoms with E-state index in [2.05, 4.69) is 41.4 Å². The molecule has 0 aliphatic carbocycles. The largest absolute Gasteiger partial charge is 0.368 e. The first-order valence-corrected chi connectivity index (χ1v) is 6.22. The van der Waals surface area contributed by atoms with E-state index in [-0.39, 0.29) is 21.9 Å². The van der Waals surface area contributed by atoms with Crippen LogP contribution < -0.4 is 11.1 Å². The molecule has 3 aromatic rings. The van der Waals surface area contributed by atoms with E-state index in [1.807, 2.05) is 0 Å². The molecule has 0 aliphatic heterocycles. The maximum Gasteiger partial charge on any atom is 0.224 e. The van der Waals surface area contributed by atoms with Crippen LogP contribution in [0.15, 0.2) is 22.8 Å². The molecule has 2 aromatic heterocycles. The SMILES string of the molecule is Nc1nc(Nc2cc(Br)c(F)cc2F)c2cn[nH]c2n1. The van der Waals surface area contributed by atoms with Gasteiger partial charge in [0.25, 0.3) is 0 Å². The van der Waals surface area contributed by atoms with Gasteiger partial charge in [-0.15, -0.1) is 0 Å². The second-order valence-corrected chi connectivity index (χ2v) is 4.79. The number of benzene rings is 1. The quantitative estimate of drug-likeness (QED) is 0.624. The number of aromatic amines is 1. The lowest BCUT2D eigenvalue weighted by atomic mass is 10.3. The molecule has 0 bridgehead atoms. The van der Waals surface area contributed by atoms with Crippen LogP contribution in [0.3, 0.4) is 0 Å². The number of halogens is 3. The predicted octanol–water partition coefficient (Wildman–Crippen LogP) is 2.72. The molecule has 102 valence electrons. The second-order valence-electron chi connectivity index (χ2n) is 3.93. The first kappa shape index (κ1) is 12.7. The summed E-state index contributed by atoms with van der Waals surface area (Å²) in [5.41, 5.74) is 6.03. The third kappa shape index (κ3) is 2.16. The number of H-pyrrole nitrogens is 1. The van der Waals surface area contributed by atoms with Crippen molar-refractivity contribution in [2.75, 3.05) is 11.1 Å². The molecule has 2 heterocycles. The summed E-state index contributed by atoms with van der Waals surface area (Å²) >= 11 is 2.99. The standard InChI is InChI=1S/C11H7BrF2N6/c12-5-1-8(7(14)2-6(5)13)17-9-4-3-16-20-10(4)19-11(15)18-9/h1-3H,(H4,15,16,17,18,19,20). The second kappa shape index (κ2) is 4.67. The zero-order chi connectivity index (χ0) is 14.3. The Balaban J connectivity index is 2.09. The van der Waals surface area contributed by atoms with Gasteiger partial charge in [-0.25, -0.2) is 8.78 Å². The molecule has 0 atom stereocenters. The average molecular weight is 341 g/mol. The number of rotatable bonds is 2. The van der Waals surface area contributed by atoms with Gasteiger partial charge in [0.1, 0.15) is 17.5 Å². The van der Waals surface area contributed by atoms with Crippen LogP contribution >= 0.6 is 15.9 Å². The molecule has 0 fully saturated rings. The van der Waals surface area contributed by atoms with E-state index < -0.39 is 11.6 Å². The maximum absolute atomic E-state index is 13.7. The van der Waals surface area contributed by atoms with Crippen molar-refractivity contribution in [3.63, 3.8) is 0 Å². The molecular weight excluding hydrogens is 334 g/mol. The van der Waals surface area contributed by atoms with Gasteiger partial charge in [0.15, 0.2) is 5.65 Å². The summed E-state index contributed by atoms with van der Waals surface area (Å²) in [5.74, 6) is -1.16. The van der Waals surface area contributed by atoms with Gasteiger partial charge >= 0.3 is 0 Å². The summed E-state index contributed by atoms with van der Waals surface area (Å²) < 4.78 is 27.0. The van der Waals surface area contributed by atoms with E-state index in [0.717, 1.165) is 6.07 Å². The number of nitrogen functional groups attached to an aromatic ring is 1. The Labute approximate surface area is 119 Å². The van der Waals surface area contributed by atoms with Crippen LogP contribution in [-0.2, 0) is 0 Å². The fraction of sp³-hybridized carbons (Fsp3) is 0. The number of nitrogens with zero attached hydrogens (tertiary/aromatic N) is 3. The lowest BCUT2D eigenvalue weighted by molar-refractivity contribution is 0.581. The van der Waals surface area contributed by atoms with Crippen LogP contribution in [0.25, 0.3) is 11.0 Å². The molecule has 20 heavy (non-hydrogen) atoms. The van der Waals surface area contributed by atoms with Gasteiger partial charge in [-0.3, -0.25) is 5.10 Å². The Morgan fingerprint density at radius 2 is 2.00 bits per heavy atom. The molecule has 0 amide bonds. The van der Waals surface area contributed by atoms with E-state index in [1.165, 1.54) is 12.3 Å². The lowest BCUT2D eigenvalue weighted by Gasteiger charge is -2.09. The van der Waals surface area contributed by atoms with Gasteiger partial charge in [0, 0.05) is 6.07 Å². The Morgan fingerprint density at radius 1 is 1.20 bits per heavy atom. The first-order valence-electron chi connectivity index (χ1n) is 5.43. The molecule has 4 N–H and O–H groups in total. The Kier molecular flexibility index (Phi) is 2.97. The van der Waals surface area contributed by atoms with Crippen molar-refractivity contribution in [2.24, 2.45) is 0 Å². The number of aromatic nitrogens is 4.